The molecule has 160 valence electrons. The second-order valence-corrected chi connectivity index (χ2v) is 8.08. The molecule has 2 fully saturated rings. The normalized spacial score (nSPS) is 17.6. The Kier molecular flexibility index (Phi) is 6.67. The lowest BCUT2D eigenvalue weighted by Crippen LogP contribution is -2.40. The van der Waals surface area contributed by atoms with Crippen molar-refractivity contribution in [2.24, 2.45) is 5.92 Å². The topological polar surface area (TPSA) is 70.6 Å². The Morgan fingerprint density at radius 1 is 1.03 bits per heavy atom. The molecular weight excluding hydrogens is 378 g/mol. The molecule has 0 radical (unpaired) electrons. The van der Waals surface area contributed by atoms with Crippen LogP contribution >= 0.6 is 0 Å². The minimum Gasteiger partial charge on any atom is -0.496 e. The fourth-order valence-corrected chi connectivity index (χ4v) is 4.31. The molecule has 0 aliphatic carbocycles. The van der Waals surface area contributed by atoms with Crippen LogP contribution in [-0.4, -0.2) is 49.2 Å². The maximum absolute atomic E-state index is 12.6. The second-order valence-electron chi connectivity index (χ2n) is 8.08. The molecule has 2 saturated heterocycles. The maximum Gasteiger partial charge on any atom is 0.225 e. The van der Waals surface area contributed by atoms with E-state index >= 15 is 0 Å². The predicted octanol–water partition coefficient (Wildman–Crippen LogP) is 3.01. The molecule has 1 amide bonds. The molecule has 2 aliphatic rings. The number of rotatable bonds is 6. The first kappa shape index (κ1) is 20.4. The van der Waals surface area contributed by atoms with Gasteiger partial charge in [0.15, 0.2) is 0 Å². The number of aromatic nitrogens is 2. The number of benzene rings is 1. The average Bonchev–Trinajstić information content (AvgIpc) is 2.83. The molecule has 1 aromatic heterocycles. The third kappa shape index (κ3) is 4.83. The van der Waals surface area contributed by atoms with E-state index in [0.29, 0.717) is 6.54 Å². The molecule has 7 heteroatoms. The zero-order chi connectivity index (χ0) is 20.8. The predicted molar refractivity (Wildman–Crippen MR) is 118 cm³/mol. The minimum absolute atomic E-state index is 0.0458. The van der Waals surface area contributed by atoms with Crippen molar-refractivity contribution in [1.82, 2.24) is 15.3 Å². The summed E-state index contributed by atoms with van der Waals surface area (Å²) < 4.78 is 5.36. The fourth-order valence-electron chi connectivity index (χ4n) is 4.31. The quantitative estimate of drug-likeness (QED) is 0.791. The second kappa shape index (κ2) is 9.78. The highest BCUT2D eigenvalue weighted by atomic mass is 16.5. The summed E-state index contributed by atoms with van der Waals surface area (Å²) in [5.41, 5.74) is 2.04. The van der Waals surface area contributed by atoms with E-state index in [1.54, 1.807) is 7.11 Å². The number of carbonyl (C=O) groups excluding carboxylic acids is 1. The highest BCUT2D eigenvalue weighted by molar-refractivity contribution is 5.79. The van der Waals surface area contributed by atoms with Crippen LogP contribution in [0.1, 0.15) is 37.7 Å². The number of carbonyl (C=O) groups is 1. The van der Waals surface area contributed by atoms with Crippen LogP contribution in [0.3, 0.4) is 0 Å². The summed E-state index contributed by atoms with van der Waals surface area (Å²) in [6.07, 6.45) is 9.28. The molecule has 0 saturated carbocycles. The van der Waals surface area contributed by atoms with Crippen molar-refractivity contribution < 1.29 is 9.53 Å². The van der Waals surface area contributed by atoms with Gasteiger partial charge in [0.2, 0.25) is 11.9 Å². The van der Waals surface area contributed by atoms with E-state index in [9.17, 15) is 4.79 Å². The SMILES string of the molecule is COc1ccccc1CNC(=O)C1CCN(c2cnc(N3CCCCC3)nc2)CC1. The number of anilines is 2. The van der Waals surface area contributed by atoms with Gasteiger partial charge in [-0.2, -0.15) is 0 Å². The maximum atomic E-state index is 12.6. The number of nitrogens with zero attached hydrogens (tertiary/aromatic N) is 4. The zero-order valence-corrected chi connectivity index (χ0v) is 17.7. The molecule has 2 aliphatic heterocycles. The molecule has 1 N–H and O–H groups in total. The summed E-state index contributed by atoms with van der Waals surface area (Å²) >= 11 is 0. The Morgan fingerprint density at radius 3 is 2.43 bits per heavy atom. The summed E-state index contributed by atoms with van der Waals surface area (Å²) in [5, 5.41) is 3.07. The van der Waals surface area contributed by atoms with Gasteiger partial charge < -0.3 is 19.9 Å². The lowest BCUT2D eigenvalue weighted by Gasteiger charge is -2.33. The zero-order valence-electron chi connectivity index (χ0n) is 17.7. The highest BCUT2D eigenvalue weighted by Crippen LogP contribution is 2.24. The number of amides is 1. The van der Waals surface area contributed by atoms with E-state index in [1.165, 1.54) is 19.3 Å². The van der Waals surface area contributed by atoms with Gasteiger partial charge in [-0.25, -0.2) is 9.97 Å². The van der Waals surface area contributed by atoms with E-state index in [1.807, 2.05) is 36.7 Å². The van der Waals surface area contributed by atoms with Crippen LogP contribution in [-0.2, 0) is 11.3 Å². The van der Waals surface area contributed by atoms with Crippen molar-refractivity contribution in [3.05, 3.63) is 42.2 Å². The lowest BCUT2D eigenvalue weighted by atomic mass is 9.95. The molecule has 0 unspecified atom stereocenters. The molecule has 0 spiro atoms. The third-order valence-electron chi connectivity index (χ3n) is 6.14. The summed E-state index contributed by atoms with van der Waals surface area (Å²) in [7, 11) is 1.65. The van der Waals surface area contributed by atoms with Gasteiger partial charge in [-0.1, -0.05) is 18.2 Å². The Balaban J connectivity index is 1.26. The van der Waals surface area contributed by atoms with Crippen LogP contribution in [0.5, 0.6) is 5.75 Å². The molecule has 1 aromatic carbocycles. The van der Waals surface area contributed by atoms with E-state index < -0.39 is 0 Å². The number of nitrogens with one attached hydrogen (secondary N) is 1. The Bertz CT molecular complexity index is 828. The number of piperidine rings is 2. The van der Waals surface area contributed by atoms with E-state index in [4.69, 9.17) is 4.74 Å². The number of para-hydroxylation sites is 1. The Labute approximate surface area is 178 Å². The van der Waals surface area contributed by atoms with Crippen molar-refractivity contribution in [2.45, 2.75) is 38.6 Å². The highest BCUT2D eigenvalue weighted by Gasteiger charge is 2.25. The van der Waals surface area contributed by atoms with E-state index in [-0.39, 0.29) is 11.8 Å². The van der Waals surface area contributed by atoms with Gasteiger partial charge in [0.25, 0.3) is 0 Å². The summed E-state index contributed by atoms with van der Waals surface area (Å²) in [6, 6.07) is 7.79. The molecular formula is C23H31N5O2. The molecule has 3 heterocycles. The smallest absolute Gasteiger partial charge is 0.225 e. The number of hydrogen-bond acceptors (Lipinski definition) is 6. The monoisotopic (exact) mass is 409 g/mol. The summed E-state index contributed by atoms with van der Waals surface area (Å²) in [4.78, 5) is 26.4. The van der Waals surface area contributed by atoms with Crippen LogP contribution < -0.4 is 19.9 Å². The molecule has 0 bridgehead atoms. The van der Waals surface area contributed by atoms with Crippen molar-refractivity contribution in [3.63, 3.8) is 0 Å². The number of methoxy groups -OCH3 is 1. The van der Waals surface area contributed by atoms with Crippen molar-refractivity contribution >= 4 is 17.5 Å². The van der Waals surface area contributed by atoms with Crippen molar-refractivity contribution in [1.29, 1.82) is 0 Å². The van der Waals surface area contributed by atoms with Crippen molar-refractivity contribution in [3.8, 4) is 5.75 Å². The molecule has 0 atom stereocenters. The lowest BCUT2D eigenvalue weighted by molar-refractivity contribution is -0.125. The van der Waals surface area contributed by atoms with Crippen molar-refractivity contribution in [2.75, 3.05) is 43.1 Å². The summed E-state index contributed by atoms with van der Waals surface area (Å²) in [6.45, 7) is 4.29. The largest absolute Gasteiger partial charge is 0.496 e. The molecule has 30 heavy (non-hydrogen) atoms. The minimum atomic E-state index is 0.0458. The first-order valence-corrected chi connectivity index (χ1v) is 11.0. The van der Waals surface area contributed by atoms with Gasteiger partial charge in [0.05, 0.1) is 25.2 Å². The van der Waals surface area contributed by atoms with Gasteiger partial charge >= 0.3 is 0 Å². The van der Waals surface area contributed by atoms with Gasteiger partial charge in [-0.05, 0) is 38.2 Å². The average molecular weight is 410 g/mol. The van der Waals surface area contributed by atoms with E-state index in [0.717, 1.165) is 62.0 Å². The molecule has 2 aromatic rings. The van der Waals surface area contributed by atoms with Crippen LogP contribution in [0, 0.1) is 5.92 Å². The first-order valence-electron chi connectivity index (χ1n) is 11.0. The van der Waals surface area contributed by atoms with Gasteiger partial charge in [-0.3, -0.25) is 4.79 Å². The van der Waals surface area contributed by atoms with Crippen LogP contribution in [0.4, 0.5) is 11.6 Å². The van der Waals surface area contributed by atoms with Crippen LogP contribution in [0.2, 0.25) is 0 Å². The van der Waals surface area contributed by atoms with Crippen LogP contribution in [0.25, 0.3) is 0 Å². The van der Waals surface area contributed by atoms with Gasteiger partial charge in [0.1, 0.15) is 5.75 Å². The van der Waals surface area contributed by atoms with Gasteiger partial charge in [0, 0.05) is 44.2 Å². The number of hydrogen-bond donors (Lipinski definition) is 1. The van der Waals surface area contributed by atoms with E-state index in [2.05, 4.69) is 25.1 Å². The fraction of sp³-hybridized carbons (Fsp3) is 0.522. The Morgan fingerprint density at radius 2 is 1.73 bits per heavy atom. The van der Waals surface area contributed by atoms with Crippen LogP contribution in [0.15, 0.2) is 36.7 Å². The van der Waals surface area contributed by atoms with Gasteiger partial charge in [-0.15, -0.1) is 0 Å². The standard InChI is InChI=1S/C23H31N5O2/c1-30-21-8-4-3-7-19(21)15-24-22(29)18-9-13-27(14-10-18)20-16-25-23(26-17-20)28-11-5-2-6-12-28/h3-4,7-8,16-18H,2,5-6,9-15H2,1H3,(H,24,29). The number of ether oxygens (including phenoxy) is 1. The Hall–Kier alpha value is -2.83. The third-order valence-corrected chi connectivity index (χ3v) is 6.14. The molecule has 4 rings (SSSR count). The summed E-state index contributed by atoms with van der Waals surface area (Å²) in [5.74, 6) is 1.81. The molecule has 7 nitrogen and oxygen atoms in total. The first-order chi connectivity index (χ1) is 14.7.